The molecule has 29 heavy (non-hydrogen) atoms. The smallest absolute Gasteiger partial charge is 0.214 e. The van der Waals surface area contributed by atoms with Crippen molar-refractivity contribution in [3.8, 4) is 11.5 Å². The van der Waals surface area contributed by atoms with E-state index in [0.29, 0.717) is 37.9 Å². The van der Waals surface area contributed by atoms with Gasteiger partial charge in [-0.25, -0.2) is 4.68 Å². The number of hydrogen-bond donors (Lipinski definition) is 2. The summed E-state index contributed by atoms with van der Waals surface area (Å²) in [7, 11) is 1.57. The largest absolute Gasteiger partial charge is 0.493 e. The molecule has 0 spiro atoms. The highest BCUT2D eigenvalue weighted by atomic mass is 35.5. The average Bonchev–Trinajstić information content (AvgIpc) is 3.07. The lowest BCUT2D eigenvalue weighted by molar-refractivity contribution is 0.284. The number of aromatic amines is 1. The van der Waals surface area contributed by atoms with Gasteiger partial charge in [-0.3, -0.25) is 5.10 Å². The van der Waals surface area contributed by atoms with Crippen LogP contribution in [0.4, 0.5) is 0 Å². The van der Waals surface area contributed by atoms with Gasteiger partial charge in [0.1, 0.15) is 6.61 Å². The highest BCUT2D eigenvalue weighted by Crippen LogP contribution is 2.37. The predicted molar refractivity (Wildman–Crippen MR) is 119 cm³/mol. The topological polar surface area (TPSA) is 64.1 Å². The van der Waals surface area contributed by atoms with Gasteiger partial charge < -0.3 is 14.9 Å². The van der Waals surface area contributed by atoms with Crippen molar-refractivity contribution >= 4 is 47.0 Å². The van der Waals surface area contributed by atoms with Gasteiger partial charge in [0.05, 0.1) is 28.7 Å². The van der Waals surface area contributed by atoms with Gasteiger partial charge in [0.2, 0.25) is 4.77 Å². The van der Waals surface area contributed by atoms with Crippen molar-refractivity contribution < 1.29 is 9.47 Å². The Morgan fingerprint density at radius 3 is 2.55 bits per heavy atom. The van der Waals surface area contributed by atoms with Crippen molar-refractivity contribution in [1.82, 2.24) is 14.9 Å². The molecule has 10 heteroatoms. The first-order valence-corrected chi connectivity index (χ1v) is 10.3. The summed E-state index contributed by atoms with van der Waals surface area (Å²) in [4.78, 5) is 0. The average molecular weight is 474 g/mol. The van der Waals surface area contributed by atoms with Crippen LogP contribution in [0.5, 0.6) is 11.5 Å². The number of aryl methyl sites for hydroxylation is 1. The second-order valence-electron chi connectivity index (χ2n) is 6.12. The van der Waals surface area contributed by atoms with Crippen LogP contribution in [0, 0.1) is 4.77 Å². The minimum absolute atomic E-state index is 0.272. The van der Waals surface area contributed by atoms with Crippen LogP contribution in [-0.2, 0) is 19.6 Å². The molecule has 0 fully saturated rings. The van der Waals surface area contributed by atoms with Gasteiger partial charge in [-0.2, -0.15) is 5.10 Å². The molecule has 6 nitrogen and oxygen atoms in total. The van der Waals surface area contributed by atoms with Crippen molar-refractivity contribution in [2.75, 3.05) is 12.5 Å². The highest BCUT2D eigenvalue weighted by molar-refractivity contribution is 7.71. The number of hydrogen-bond acceptors (Lipinski definition) is 5. The van der Waals surface area contributed by atoms with E-state index < -0.39 is 0 Å². The van der Waals surface area contributed by atoms with Crippen LogP contribution in [-0.4, -0.2) is 22.0 Å². The molecule has 0 saturated carbocycles. The van der Waals surface area contributed by atoms with E-state index in [0.717, 1.165) is 23.4 Å². The number of aromatic nitrogens is 3. The summed E-state index contributed by atoms with van der Waals surface area (Å²) in [5.41, 5.74) is 5.00. The summed E-state index contributed by atoms with van der Waals surface area (Å²) < 4.78 is 13.6. The molecular formula is C19H19Cl3N4O2S. The Morgan fingerprint density at radius 2 is 1.86 bits per heavy atom. The van der Waals surface area contributed by atoms with E-state index in [1.54, 1.807) is 23.9 Å². The zero-order valence-corrected chi connectivity index (χ0v) is 18.8. The second-order valence-corrected chi connectivity index (χ2v) is 7.72. The molecule has 1 heterocycles. The number of methoxy groups -OCH3 is 1. The van der Waals surface area contributed by atoms with Crippen molar-refractivity contribution in [3.63, 3.8) is 0 Å². The Morgan fingerprint density at radius 1 is 1.10 bits per heavy atom. The predicted octanol–water partition coefficient (Wildman–Crippen LogP) is 5.79. The molecule has 2 aromatic carbocycles. The van der Waals surface area contributed by atoms with Gasteiger partial charge in [0.25, 0.3) is 0 Å². The summed E-state index contributed by atoms with van der Waals surface area (Å²) in [6.45, 7) is 2.75. The lowest BCUT2D eigenvalue weighted by Gasteiger charge is -2.15. The van der Waals surface area contributed by atoms with E-state index in [2.05, 4.69) is 15.6 Å². The summed E-state index contributed by atoms with van der Waals surface area (Å²) in [6.07, 6.45) is 0.742. The van der Waals surface area contributed by atoms with E-state index in [4.69, 9.17) is 56.5 Å². The van der Waals surface area contributed by atoms with E-state index in [-0.39, 0.29) is 6.61 Å². The number of nitrogens with one attached hydrogen (secondary N) is 2. The molecule has 0 aliphatic heterocycles. The zero-order chi connectivity index (χ0) is 21.0. The van der Waals surface area contributed by atoms with Gasteiger partial charge in [-0.05, 0) is 47.6 Å². The lowest BCUT2D eigenvalue weighted by Crippen LogP contribution is -2.17. The molecule has 3 rings (SSSR count). The molecule has 0 radical (unpaired) electrons. The second kappa shape index (κ2) is 9.71. The number of H-pyrrole nitrogens is 1. The van der Waals surface area contributed by atoms with Crippen molar-refractivity contribution in [1.29, 1.82) is 0 Å². The minimum Gasteiger partial charge on any atom is -0.493 e. The van der Waals surface area contributed by atoms with Crippen LogP contribution in [0.15, 0.2) is 30.3 Å². The first-order valence-electron chi connectivity index (χ1n) is 8.76. The fourth-order valence-corrected chi connectivity index (χ4v) is 3.52. The summed E-state index contributed by atoms with van der Waals surface area (Å²) in [5, 5.41) is 8.34. The highest BCUT2D eigenvalue weighted by Gasteiger charge is 2.13. The van der Waals surface area contributed by atoms with E-state index >= 15 is 0 Å². The molecule has 0 bridgehead atoms. The molecule has 3 aromatic rings. The molecule has 0 atom stereocenters. The van der Waals surface area contributed by atoms with Gasteiger partial charge >= 0.3 is 0 Å². The van der Waals surface area contributed by atoms with Crippen molar-refractivity contribution in [2.24, 2.45) is 0 Å². The Bertz CT molecular complexity index is 1070. The summed E-state index contributed by atoms with van der Waals surface area (Å²) >= 11 is 23.7. The number of rotatable bonds is 8. The molecule has 0 saturated heterocycles. The number of ether oxygens (including phenoxy) is 2. The molecule has 154 valence electrons. The first-order chi connectivity index (χ1) is 13.9. The third kappa shape index (κ3) is 5.17. The number of benzene rings is 2. The monoisotopic (exact) mass is 472 g/mol. The zero-order valence-electron chi connectivity index (χ0n) is 15.8. The first kappa shape index (κ1) is 21.8. The maximum absolute atomic E-state index is 6.46. The third-order valence-corrected chi connectivity index (χ3v) is 5.45. The van der Waals surface area contributed by atoms with Gasteiger partial charge in [-0.1, -0.05) is 47.8 Å². The summed E-state index contributed by atoms with van der Waals surface area (Å²) in [6, 6.07) is 8.99. The quantitative estimate of drug-likeness (QED) is 0.405. The fraction of sp³-hybridized carbons (Fsp3) is 0.263. The Kier molecular flexibility index (Phi) is 7.29. The minimum atomic E-state index is 0.272. The van der Waals surface area contributed by atoms with Crippen LogP contribution < -0.4 is 14.9 Å². The fourth-order valence-electron chi connectivity index (χ4n) is 2.70. The van der Waals surface area contributed by atoms with Gasteiger partial charge in [0.15, 0.2) is 17.3 Å². The van der Waals surface area contributed by atoms with Crippen LogP contribution in [0.1, 0.15) is 23.9 Å². The van der Waals surface area contributed by atoms with Crippen LogP contribution in [0.25, 0.3) is 0 Å². The van der Waals surface area contributed by atoms with Crippen molar-refractivity contribution in [2.45, 2.75) is 26.5 Å². The van der Waals surface area contributed by atoms with Crippen molar-refractivity contribution in [3.05, 3.63) is 67.1 Å². The molecule has 1 aromatic heterocycles. The van der Waals surface area contributed by atoms with E-state index in [1.165, 1.54) is 0 Å². The van der Waals surface area contributed by atoms with Gasteiger partial charge in [-0.15, -0.1) is 0 Å². The molecule has 0 unspecified atom stereocenters. The lowest BCUT2D eigenvalue weighted by atomic mass is 10.2. The normalized spacial score (nSPS) is 10.8. The van der Waals surface area contributed by atoms with E-state index in [1.807, 2.05) is 25.1 Å². The molecule has 0 amide bonds. The van der Waals surface area contributed by atoms with Gasteiger partial charge in [0, 0.05) is 6.42 Å². The van der Waals surface area contributed by atoms with E-state index in [9.17, 15) is 0 Å². The van der Waals surface area contributed by atoms with Crippen LogP contribution in [0.3, 0.4) is 0 Å². The standard InChI is InChI=1S/C19H19Cl3N4O2S/c1-3-17-24-25-19(29)26(17)23-9-12-7-15(22)18(16(8-12)27-2)28-10-11-4-5-13(20)14(21)6-11/h4-8,23H,3,9-10H2,1-2H3,(H,25,29). The Labute approximate surface area is 188 Å². The van der Waals surface area contributed by atoms with Crippen LogP contribution in [0.2, 0.25) is 15.1 Å². The Hall–Kier alpha value is -1.93. The maximum atomic E-state index is 6.46. The molecule has 0 aliphatic rings. The number of nitrogens with zero attached hydrogens (tertiary/aromatic N) is 2. The molecule has 0 aliphatic carbocycles. The molecular weight excluding hydrogens is 455 g/mol. The third-order valence-electron chi connectivity index (χ3n) is 4.16. The van der Waals surface area contributed by atoms with Crippen LogP contribution >= 0.6 is 47.0 Å². The summed E-state index contributed by atoms with van der Waals surface area (Å²) in [5.74, 6) is 1.80. The Balaban J connectivity index is 1.75. The number of halogens is 3. The molecule has 2 N–H and O–H groups in total. The maximum Gasteiger partial charge on any atom is 0.214 e. The SMILES string of the molecule is CCc1n[nH]c(=S)n1NCc1cc(Cl)c(OCc2ccc(Cl)c(Cl)c2)c(OC)c1.